The maximum Gasteiger partial charge on any atom is 0.274 e. The first-order chi connectivity index (χ1) is 12.2. The van der Waals surface area contributed by atoms with E-state index in [9.17, 15) is 4.79 Å². The zero-order valence-electron chi connectivity index (χ0n) is 13.9. The number of hydrogen-bond acceptors (Lipinski definition) is 6. The number of morpholine rings is 1. The van der Waals surface area contributed by atoms with Gasteiger partial charge in [-0.05, 0) is 12.5 Å². The van der Waals surface area contributed by atoms with Gasteiger partial charge >= 0.3 is 0 Å². The molecule has 0 aliphatic carbocycles. The first-order valence-corrected chi connectivity index (χ1v) is 8.36. The second-order valence-electron chi connectivity index (χ2n) is 5.95. The van der Waals surface area contributed by atoms with Gasteiger partial charge in [0, 0.05) is 31.6 Å². The van der Waals surface area contributed by atoms with Gasteiger partial charge in [0.05, 0.1) is 13.2 Å². The average molecular weight is 341 g/mol. The van der Waals surface area contributed by atoms with Crippen LogP contribution in [-0.4, -0.2) is 60.1 Å². The van der Waals surface area contributed by atoms with E-state index in [1.54, 1.807) is 27.8 Å². The van der Waals surface area contributed by atoms with Crippen LogP contribution in [0.15, 0.2) is 24.7 Å². The summed E-state index contributed by atoms with van der Waals surface area (Å²) in [5.74, 6) is 1.81. The smallest absolute Gasteiger partial charge is 0.274 e. The van der Waals surface area contributed by atoms with Gasteiger partial charge in [0.15, 0.2) is 5.82 Å². The number of amides is 1. The Morgan fingerprint density at radius 2 is 2.36 bits per heavy atom. The zero-order valence-corrected chi connectivity index (χ0v) is 13.9. The molecule has 1 aliphatic heterocycles. The number of hydrogen-bond donors (Lipinski definition) is 1. The molecule has 0 saturated carbocycles. The Morgan fingerprint density at radius 3 is 3.20 bits per heavy atom. The number of nitrogens with one attached hydrogen (secondary N) is 1. The molecule has 1 saturated heterocycles. The highest BCUT2D eigenvalue weighted by Gasteiger charge is 2.29. The van der Waals surface area contributed by atoms with Gasteiger partial charge in [-0.1, -0.05) is 6.92 Å². The third-order valence-corrected chi connectivity index (χ3v) is 4.13. The molecular formula is C16H19N7O2. The van der Waals surface area contributed by atoms with E-state index in [1.165, 1.54) is 0 Å². The van der Waals surface area contributed by atoms with Gasteiger partial charge in [-0.15, -0.1) is 0 Å². The molecule has 0 aromatic carbocycles. The molecule has 1 aliphatic rings. The van der Waals surface area contributed by atoms with E-state index in [-0.39, 0.29) is 12.0 Å². The standard InChI is InChI=1S/C16H19N7O2/c1-2-4-13-19-14(21-20-13)12-10-22(7-8-25-12)15(24)11-9-23-6-3-5-17-16(23)18-11/h3,5-6,9,12H,2,4,7-8,10H2,1H3,(H,19,20,21)/t12-/m1/s1. The molecule has 9 heteroatoms. The van der Waals surface area contributed by atoms with Crippen LogP contribution in [0, 0.1) is 0 Å². The minimum Gasteiger partial charge on any atom is -0.366 e. The van der Waals surface area contributed by atoms with Crippen molar-refractivity contribution in [2.24, 2.45) is 0 Å². The van der Waals surface area contributed by atoms with Crippen molar-refractivity contribution in [1.29, 1.82) is 0 Å². The molecule has 1 amide bonds. The monoisotopic (exact) mass is 341 g/mol. The highest BCUT2D eigenvalue weighted by molar-refractivity contribution is 5.92. The number of carbonyl (C=O) groups is 1. The van der Waals surface area contributed by atoms with E-state index in [0.717, 1.165) is 18.7 Å². The Bertz CT molecular complexity index is 854. The van der Waals surface area contributed by atoms with Crippen molar-refractivity contribution in [3.63, 3.8) is 0 Å². The number of aromatic nitrogens is 6. The Hall–Kier alpha value is -2.81. The first kappa shape index (κ1) is 15.7. The van der Waals surface area contributed by atoms with E-state index >= 15 is 0 Å². The largest absolute Gasteiger partial charge is 0.366 e. The fourth-order valence-corrected chi connectivity index (χ4v) is 2.89. The highest BCUT2D eigenvalue weighted by atomic mass is 16.5. The Labute approximate surface area is 144 Å². The molecule has 9 nitrogen and oxygen atoms in total. The lowest BCUT2D eigenvalue weighted by Crippen LogP contribution is -2.42. The van der Waals surface area contributed by atoms with E-state index < -0.39 is 0 Å². The molecular weight excluding hydrogens is 322 g/mol. The predicted molar refractivity (Wildman–Crippen MR) is 88.0 cm³/mol. The molecule has 1 fully saturated rings. The summed E-state index contributed by atoms with van der Waals surface area (Å²) in [7, 11) is 0. The number of rotatable bonds is 4. The van der Waals surface area contributed by atoms with Crippen LogP contribution in [0.3, 0.4) is 0 Å². The quantitative estimate of drug-likeness (QED) is 0.760. The fourth-order valence-electron chi connectivity index (χ4n) is 2.89. The van der Waals surface area contributed by atoms with Crippen LogP contribution in [0.4, 0.5) is 0 Å². The van der Waals surface area contributed by atoms with Crippen LogP contribution in [0.5, 0.6) is 0 Å². The molecule has 0 radical (unpaired) electrons. The molecule has 1 atom stereocenters. The van der Waals surface area contributed by atoms with Gasteiger partial charge < -0.3 is 9.64 Å². The molecule has 4 heterocycles. The third kappa shape index (κ3) is 3.10. The van der Waals surface area contributed by atoms with Gasteiger partial charge in [-0.2, -0.15) is 5.10 Å². The summed E-state index contributed by atoms with van der Waals surface area (Å²) in [6, 6.07) is 1.80. The fraction of sp³-hybridized carbons (Fsp3) is 0.438. The minimum absolute atomic E-state index is 0.136. The van der Waals surface area contributed by atoms with Gasteiger partial charge in [0.1, 0.15) is 17.6 Å². The second kappa shape index (κ2) is 6.60. The SMILES string of the molecule is CCCc1nc([C@H]2CN(C(=O)c3cn4cccnc4n3)CCO2)n[nH]1. The second-order valence-corrected chi connectivity index (χ2v) is 5.95. The van der Waals surface area contributed by atoms with E-state index in [2.05, 4.69) is 32.1 Å². The summed E-state index contributed by atoms with van der Waals surface area (Å²) >= 11 is 0. The summed E-state index contributed by atoms with van der Waals surface area (Å²) in [6.07, 6.45) is 6.68. The predicted octanol–water partition coefficient (Wildman–Crippen LogP) is 1.01. The topological polar surface area (TPSA) is 101 Å². The van der Waals surface area contributed by atoms with Crippen LogP contribution < -0.4 is 0 Å². The number of H-pyrrole nitrogens is 1. The molecule has 4 rings (SSSR count). The molecule has 1 N–H and O–H groups in total. The number of ether oxygens (including phenoxy) is 1. The minimum atomic E-state index is -0.324. The Balaban J connectivity index is 1.50. The first-order valence-electron chi connectivity index (χ1n) is 8.36. The Morgan fingerprint density at radius 1 is 1.44 bits per heavy atom. The highest BCUT2D eigenvalue weighted by Crippen LogP contribution is 2.20. The summed E-state index contributed by atoms with van der Waals surface area (Å²) in [5, 5.41) is 7.16. The van der Waals surface area contributed by atoms with Crippen molar-refractivity contribution >= 4 is 11.7 Å². The summed E-state index contributed by atoms with van der Waals surface area (Å²) in [6.45, 7) is 3.45. The van der Waals surface area contributed by atoms with Crippen LogP contribution >= 0.6 is 0 Å². The Kier molecular flexibility index (Phi) is 4.14. The van der Waals surface area contributed by atoms with Crippen molar-refractivity contribution in [1.82, 2.24) is 34.4 Å². The van der Waals surface area contributed by atoms with Crippen LogP contribution in [0.1, 0.15) is 41.6 Å². The number of carbonyl (C=O) groups excluding carboxylic acids is 1. The molecule has 0 spiro atoms. The number of aromatic amines is 1. The molecule has 3 aromatic heterocycles. The van der Waals surface area contributed by atoms with Crippen molar-refractivity contribution in [3.8, 4) is 0 Å². The number of imidazole rings is 1. The number of aryl methyl sites for hydroxylation is 1. The van der Waals surface area contributed by atoms with Crippen molar-refractivity contribution in [3.05, 3.63) is 42.0 Å². The van der Waals surface area contributed by atoms with Gasteiger partial charge in [0.2, 0.25) is 5.78 Å². The van der Waals surface area contributed by atoms with Crippen molar-refractivity contribution in [2.45, 2.75) is 25.9 Å². The lowest BCUT2D eigenvalue weighted by atomic mass is 10.2. The normalized spacial score (nSPS) is 18.0. The number of fused-ring (bicyclic) bond motifs is 1. The lowest BCUT2D eigenvalue weighted by molar-refractivity contribution is -0.0268. The van der Waals surface area contributed by atoms with Crippen molar-refractivity contribution in [2.75, 3.05) is 19.7 Å². The number of nitrogens with zero attached hydrogens (tertiary/aromatic N) is 6. The maximum absolute atomic E-state index is 12.8. The third-order valence-electron chi connectivity index (χ3n) is 4.13. The lowest BCUT2D eigenvalue weighted by Gasteiger charge is -2.31. The van der Waals surface area contributed by atoms with Gasteiger partial charge in [-0.3, -0.25) is 14.3 Å². The van der Waals surface area contributed by atoms with E-state index in [1.807, 2.05) is 6.20 Å². The van der Waals surface area contributed by atoms with Crippen LogP contribution in [0.2, 0.25) is 0 Å². The zero-order chi connectivity index (χ0) is 17.2. The average Bonchev–Trinajstić information content (AvgIpc) is 3.28. The summed E-state index contributed by atoms with van der Waals surface area (Å²) in [4.78, 5) is 27.4. The summed E-state index contributed by atoms with van der Waals surface area (Å²) < 4.78 is 7.49. The molecule has 25 heavy (non-hydrogen) atoms. The molecule has 3 aromatic rings. The molecule has 0 unspecified atom stereocenters. The van der Waals surface area contributed by atoms with Gasteiger partial charge in [0.25, 0.3) is 5.91 Å². The maximum atomic E-state index is 12.8. The molecule has 130 valence electrons. The van der Waals surface area contributed by atoms with E-state index in [0.29, 0.717) is 37.0 Å². The summed E-state index contributed by atoms with van der Waals surface area (Å²) in [5.41, 5.74) is 0.376. The van der Waals surface area contributed by atoms with Gasteiger partial charge in [-0.25, -0.2) is 15.0 Å². The van der Waals surface area contributed by atoms with Crippen molar-refractivity contribution < 1.29 is 9.53 Å². The van der Waals surface area contributed by atoms with Crippen LogP contribution in [0.25, 0.3) is 5.78 Å². The molecule has 0 bridgehead atoms. The van der Waals surface area contributed by atoms with Crippen LogP contribution in [-0.2, 0) is 11.2 Å². The van der Waals surface area contributed by atoms with E-state index in [4.69, 9.17) is 4.74 Å².